The maximum absolute atomic E-state index is 13.2. The highest BCUT2D eigenvalue weighted by Gasteiger charge is 2.28. The molecule has 132 valence electrons. The molecular formula is C19H18N4O2S. The van der Waals surface area contributed by atoms with Crippen LogP contribution >= 0.6 is 11.3 Å². The van der Waals surface area contributed by atoms with Gasteiger partial charge in [0.05, 0.1) is 21.7 Å². The number of hydrogen-bond donors (Lipinski definition) is 2. The van der Waals surface area contributed by atoms with E-state index in [-0.39, 0.29) is 12.5 Å². The molecule has 1 unspecified atom stereocenters. The van der Waals surface area contributed by atoms with E-state index in [1.165, 1.54) is 0 Å². The molecule has 2 aromatic heterocycles. The lowest BCUT2D eigenvalue weighted by molar-refractivity contribution is -0.120. The molecular weight excluding hydrogens is 348 g/mol. The Hall–Kier alpha value is -2.77. The molecule has 26 heavy (non-hydrogen) atoms. The first-order valence-corrected chi connectivity index (χ1v) is 9.27. The number of carbonyl (C=O) groups excluding carboxylic acids is 2. The molecule has 1 aliphatic rings. The van der Waals surface area contributed by atoms with Crippen LogP contribution in [0.2, 0.25) is 0 Å². The van der Waals surface area contributed by atoms with Gasteiger partial charge in [-0.05, 0) is 23.6 Å². The summed E-state index contributed by atoms with van der Waals surface area (Å²) < 4.78 is 0. The minimum absolute atomic E-state index is 0.103. The van der Waals surface area contributed by atoms with Crippen LogP contribution in [-0.2, 0) is 4.79 Å². The summed E-state index contributed by atoms with van der Waals surface area (Å²) in [6.45, 7) is 1.35. The number of hydrogen-bond acceptors (Lipinski definition) is 5. The second-order valence-electron chi connectivity index (χ2n) is 6.21. The summed E-state index contributed by atoms with van der Waals surface area (Å²) in [7, 11) is 0. The molecule has 3 aromatic rings. The molecule has 1 saturated heterocycles. The Labute approximate surface area is 154 Å². The SMILES string of the molecule is NC(=O)C1CN(C(=O)c2cc(-c3cccs3)nc3ccccc23)CCN1. The second kappa shape index (κ2) is 6.86. The van der Waals surface area contributed by atoms with Crippen molar-refractivity contribution in [3.05, 3.63) is 53.4 Å². The average Bonchev–Trinajstić information content (AvgIpc) is 3.21. The number of carbonyl (C=O) groups is 2. The van der Waals surface area contributed by atoms with Crippen LogP contribution in [0, 0.1) is 0 Å². The van der Waals surface area contributed by atoms with Crippen molar-refractivity contribution in [1.82, 2.24) is 15.2 Å². The monoisotopic (exact) mass is 366 g/mol. The topological polar surface area (TPSA) is 88.3 Å². The molecule has 3 N–H and O–H groups in total. The number of fused-ring (bicyclic) bond motifs is 1. The lowest BCUT2D eigenvalue weighted by Gasteiger charge is -2.32. The molecule has 0 radical (unpaired) electrons. The van der Waals surface area contributed by atoms with Crippen LogP contribution in [0.3, 0.4) is 0 Å². The maximum Gasteiger partial charge on any atom is 0.254 e. The summed E-state index contributed by atoms with van der Waals surface area (Å²) in [4.78, 5) is 32.1. The van der Waals surface area contributed by atoms with Gasteiger partial charge in [-0.25, -0.2) is 4.98 Å². The molecule has 0 saturated carbocycles. The van der Waals surface area contributed by atoms with Crippen LogP contribution in [0.15, 0.2) is 47.8 Å². The van der Waals surface area contributed by atoms with Crippen LogP contribution in [0.5, 0.6) is 0 Å². The van der Waals surface area contributed by atoms with Gasteiger partial charge in [0.2, 0.25) is 5.91 Å². The number of nitrogens with zero attached hydrogens (tertiary/aromatic N) is 2. The van der Waals surface area contributed by atoms with E-state index < -0.39 is 11.9 Å². The zero-order valence-electron chi connectivity index (χ0n) is 14.0. The lowest BCUT2D eigenvalue weighted by Crippen LogP contribution is -2.57. The molecule has 1 atom stereocenters. The zero-order valence-corrected chi connectivity index (χ0v) is 14.8. The van der Waals surface area contributed by atoms with E-state index >= 15 is 0 Å². The van der Waals surface area contributed by atoms with Crippen molar-refractivity contribution in [2.24, 2.45) is 5.73 Å². The molecule has 6 nitrogen and oxygen atoms in total. The molecule has 1 fully saturated rings. The minimum atomic E-state index is -0.516. The van der Waals surface area contributed by atoms with Crippen molar-refractivity contribution >= 4 is 34.1 Å². The number of pyridine rings is 1. The van der Waals surface area contributed by atoms with Crippen molar-refractivity contribution in [2.45, 2.75) is 6.04 Å². The summed E-state index contributed by atoms with van der Waals surface area (Å²) in [6.07, 6.45) is 0. The highest BCUT2D eigenvalue weighted by Crippen LogP contribution is 2.28. The van der Waals surface area contributed by atoms with E-state index in [9.17, 15) is 9.59 Å². The normalized spacial score (nSPS) is 17.4. The molecule has 7 heteroatoms. The summed E-state index contributed by atoms with van der Waals surface area (Å²) in [6, 6.07) is 12.9. The van der Waals surface area contributed by atoms with Gasteiger partial charge in [-0.2, -0.15) is 0 Å². The molecule has 0 spiro atoms. The van der Waals surface area contributed by atoms with E-state index in [1.807, 2.05) is 47.8 Å². The summed E-state index contributed by atoms with van der Waals surface area (Å²) in [5, 5.41) is 5.85. The standard InChI is InChI=1S/C19H18N4O2S/c20-18(24)16-11-23(8-7-21-16)19(25)13-10-15(17-6-3-9-26-17)22-14-5-2-1-4-12(13)14/h1-6,9-10,16,21H,7-8,11H2,(H2,20,24). The van der Waals surface area contributed by atoms with Crippen molar-refractivity contribution in [2.75, 3.05) is 19.6 Å². The minimum Gasteiger partial charge on any atom is -0.368 e. The van der Waals surface area contributed by atoms with Crippen LogP contribution in [0.1, 0.15) is 10.4 Å². The highest BCUT2D eigenvalue weighted by molar-refractivity contribution is 7.13. The van der Waals surface area contributed by atoms with E-state index in [1.54, 1.807) is 16.2 Å². The predicted octanol–water partition coefficient (Wildman–Crippen LogP) is 1.86. The first kappa shape index (κ1) is 16.7. The third-order valence-electron chi connectivity index (χ3n) is 4.53. The number of rotatable bonds is 3. The Bertz CT molecular complexity index is 971. The van der Waals surface area contributed by atoms with Crippen molar-refractivity contribution in [3.63, 3.8) is 0 Å². The number of primary amides is 1. The smallest absolute Gasteiger partial charge is 0.254 e. The number of nitrogens with one attached hydrogen (secondary N) is 1. The van der Waals surface area contributed by atoms with Gasteiger partial charge < -0.3 is 16.0 Å². The second-order valence-corrected chi connectivity index (χ2v) is 7.16. The van der Waals surface area contributed by atoms with Crippen molar-refractivity contribution in [1.29, 1.82) is 0 Å². The Kier molecular flexibility index (Phi) is 4.40. The van der Waals surface area contributed by atoms with Gasteiger partial charge in [-0.1, -0.05) is 24.3 Å². The van der Waals surface area contributed by atoms with Gasteiger partial charge in [-0.15, -0.1) is 11.3 Å². The van der Waals surface area contributed by atoms with Gasteiger partial charge in [-0.3, -0.25) is 9.59 Å². The number of piperazine rings is 1. The van der Waals surface area contributed by atoms with Gasteiger partial charge in [0, 0.05) is 25.0 Å². The quantitative estimate of drug-likeness (QED) is 0.741. The maximum atomic E-state index is 13.2. The van der Waals surface area contributed by atoms with Gasteiger partial charge >= 0.3 is 0 Å². The van der Waals surface area contributed by atoms with Crippen molar-refractivity contribution < 1.29 is 9.59 Å². The molecule has 2 amide bonds. The Balaban J connectivity index is 1.77. The Morgan fingerprint density at radius 1 is 1.23 bits per heavy atom. The van der Waals surface area contributed by atoms with Gasteiger partial charge in [0.1, 0.15) is 6.04 Å². The molecule has 0 aliphatic carbocycles. The Morgan fingerprint density at radius 2 is 2.08 bits per heavy atom. The third-order valence-corrected chi connectivity index (χ3v) is 5.42. The average molecular weight is 366 g/mol. The molecule has 3 heterocycles. The van der Waals surface area contributed by atoms with E-state index in [0.29, 0.717) is 18.7 Å². The highest BCUT2D eigenvalue weighted by atomic mass is 32.1. The molecule has 1 aromatic carbocycles. The molecule has 4 rings (SSSR count). The number of aromatic nitrogens is 1. The number of nitrogens with two attached hydrogens (primary N) is 1. The number of thiophene rings is 1. The lowest BCUT2D eigenvalue weighted by atomic mass is 10.0. The summed E-state index contributed by atoms with van der Waals surface area (Å²) >= 11 is 1.59. The molecule has 0 bridgehead atoms. The van der Waals surface area contributed by atoms with E-state index in [4.69, 9.17) is 10.7 Å². The predicted molar refractivity (Wildman–Crippen MR) is 102 cm³/mol. The first-order valence-electron chi connectivity index (χ1n) is 8.39. The zero-order chi connectivity index (χ0) is 18.1. The fourth-order valence-electron chi connectivity index (χ4n) is 3.20. The summed E-state index contributed by atoms with van der Waals surface area (Å²) in [5.74, 6) is -0.546. The first-order chi connectivity index (χ1) is 12.6. The van der Waals surface area contributed by atoms with Crippen LogP contribution < -0.4 is 11.1 Å². The van der Waals surface area contributed by atoms with Crippen LogP contribution in [0.25, 0.3) is 21.5 Å². The number of benzene rings is 1. The third kappa shape index (κ3) is 3.07. The van der Waals surface area contributed by atoms with Crippen LogP contribution in [-0.4, -0.2) is 47.4 Å². The summed E-state index contributed by atoms with van der Waals surface area (Å²) in [5.41, 5.74) is 7.56. The van der Waals surface area contributed by atoms with E-state index in [2.05, 4.69) is 5.32 Å². The van der Waals surface area contributed by atoms with Gasteiger partial charge in [0.15, 0.2) is 0 Å². The fourth-order valence-corrected chi connectivity index (χ4v) is 3.88. The number of amides is 2. The van der Waals surface area contributed by atoms with Crippen LogP contribution in [0.4, 0.5) is 0 Å². The van der Waals surface area contributed by atoms with E-state index in [0.717, 1.165) is 21.5 Å². The van der Waals surface area contributed by atoms with Gasteiger partial charge in [0.25, 0.3) is 5.91 Å². The Morgan fingerprint density at radius 3 is 2.85 bits per heavy atom. The largest absolute Gasteiger partial charge is 0.368 e. The fraction of sp³-hybridized carbons (Fsp3) is 0.211. The molecule has 1 aliphatic heterocycles. The van der Waals surface area contributed by atoms with Crippen molar-refractivity contribution in [3.8, 4) is 10.6 Å². The number of para-hydroxylation sites is 1.